The molecule has 3 N–H and O–H groups in total. The minimum Gasteiger partial charge on any atom is -0.465 e. The lowest BCUT2D eigenvalue weighted by atomic mass is 10.0. The highest BCUT2D eigenvalue weighted by Gasteiger charge is 2.63. The Morgan fingerprint density at radius 1 is 1.13 bits per heavy atom. The molecule has 3 amide bonds. The Hall–Kier alpha value is -3.96. The van der Waals surface area contributed by atoms with E-state index in [1.54, 1.807) is 31.2 Å². The molecule has 2 aliphatic carbocycles. The second-order valence-electron chi connectivity index (χ2n) is 14.7. The number of alkyl halides is 3. The van der Waals surface area contributed by atoms with E-state index in [1.165, 1.54) is 16.2 Å². The van der Waals surface area contributed by atoms with Gasteiger partial charge in [0.05, 0.1) is 27.1 Å². The fraction of sp³-hybridized carbons (Fsp3) is 0.500. The Kier molecular flexibility index (Phi) is 10.1. The summed E-state index contributed by atoms with van der Waals surface area (Å²) in [6.45, 7) is 1.41. The molecule has 3 fully saturated rings. The first-order chi connectivity index (χ1) is 25.5. The number of nitrogens with zero attached hydrogens (tertiary/aromatic N) is 2. The zero-order valence-corrected chi connectivity index (χ0v) is 31.4. The van der Waals surface area contributed by atoms with Crippen molar-refractivity contribution in [2.24, 2.45) is 5.92 Å². The van der Waals surface area contributed by atoms with Crippen LogP contribution in [0.4, 0.5) is 23.2 Å². The summed E-state index contributed by atoms with van der Waals surface area (Å²) >= 11 is 7.36. The van der Waals surface area contributed by atoms with Gasteiger partial charge in [-0.2, -0.15) is 13.2 Å². The summed E-state index contributed by atoms with van der Waals surface area (Å²) in [6.07, 6.45) is 1.44. The van der Waals surface area contributed by atoms with Crippen LogP contribution < -0.4 is 20.1 Å². The number of sulfonamides is 1. The number of hydrogen-bond donors (Lipinski definition) is 3. The van der Waals surface area contributed by atoms with E-state index in [2.05, 4.69) is 20.3 Å². The van der Waals surface area contributed by atoms with Gasteiger partial charge in [0.25, 0.3) is 11.1 Å². The minimum absolute atomic E-state index is 0.0479. The minimum atomic E-state index is -4.84. The predicted octanol–water partition coefficient (Wildman–Crippen LogP) is 6.33. The van der Waals surface area contributed by atoms with Crippen LogP contribution in [0.15, 0.2) is 48.6 Å². The molecule has 2 saturated carbocycles. The molecule has 4 aliphatic rings. The van der Waals surface area contributed by atoms with E-state index in [9.17, 15) is 40.4 Å². The quantitative estimate of drug-likeness (QED) is 0.186. The van der Waals surface area contributed by atoms with E-state index in [0.717, 1.165) is 16.8 Å². The highest BCUT2D eigenvalue weighted by molar-refractivity contribution is 7.91. The summed E-state index contributed by atoms with van der Waals surface area (Å²) in [7, 11) is -4.04. The van der Waals surface area contributed by atoms with E-state index in [1.807, 2.05) is 6.08 Å². The fourth-order valence-electron chi connectivity index (χ4n) is 7.05. The first-order valence-electron chi connectivity index (χ1n) is 17.7. The molecule has 3 aromatic rings. The van der Waals surface area contributed by atoms with Crippen molar-refractivity contribution < 1.29 is 45.1 Å². The summed E-state index contributed by atoms with van der Waals surface area (Å²) in [5.74, 6) is -3.89. The van der Waals surface area contributed by atoms with Crippen LogP contribution in [-0.2, 0) is 30.6 Å². The second-order valence-corrected chi connectivity index (χ2v) is 18.3. The highest BCUT2D eigenvalue weighted by Crippen LogP contribution is 2.47. The summed E-state index contributed by atoms with van der Waals surface area (Å²) in [6, 6.07) is 4.68. The van der Waals surface area contributed by atoms with Crippen LogP contribution in [0.2, 0.25) is 5.02 Å². The average molecular weight is 812 g/mol. The van der Waals surface area contributed by atoms with Gasteiger partial charge < -0.3 is 20.3 Å². The van der Waals surface area contributed by atoms with E-state index in [-0.39, 0.29) is 36.7 Å². The van der Waals surface area contributed by atoms with Crippen molar-refractivity contribution >= 4 is 66.6 Å². The topological polar surface area (TPSA) is 147 Å². The number of ether oxygens (including phenoxy) is 1. The van der Waals surface area contributed by atoms with Gasteiger partial charge in [-0.15, -0.1) is 0 Å². The van der Waals surface area contributed by atoms with Gasteiger partial charge in [0.1, 0.15) is 29.5 Å². The molecular weight excluding hydrogens is 774 g/mol. The zero-order valence-electron chi connectivity index (χ0n) is 29.0. The summed E-state index contributed by atoms with van der Waals surface area (Å²) in [5.41, 5.74) is -2.47. The van der Waals surface area contributed by atoms with Crippen LogP contribution >= 0.6 is 22.9 Å². The van der Waals surface area contributed by atoms with Crippen molar-refractivity contribution in [3.8, 4) is 5.19 Å². The molecule has 0 radical (unpaired) electrons. The third-order valence-corrected chi connectivity index (χ3v) is 13.9. The molecule has 0 bridgehead atoms. The molecule has 0 spiro atoms. The number of benzene rings is 2. The highest BCUT2D eigenvalue weighted by atomic mass is 35.5. The summed E-state index contributed by atoms with van der Waals surface area (Å²) in [5, 5.41) is 6.35. The standard InChI is InChI=1S/C36H38ClF4N5O6S2/c1-34(11-12-34)54(50,51)45-32(49)35-18-20(35)7-5-3-2-4-6-8-27(42-24-14-21(36(39,40)41)13-23(38)16-24)31(48)46-19-25(17-28(46)30(47)44-35)52-33-43-26-10-9-22(37)15-29(26)53-33/h5,7,9-10,13-16,20,25,27-28,42H,2-4,6,8,11-12,17-19H2,1H3,(H,44,47)(H,45,49)/b7-5-/t20-,25+,27-,28-,35+/m0/s1. The molecule has 1 aromatic heterocycles. The van der Waals surface area contributed by atoms with Gasteiger partial charge in [0.15, 0.2) is 0 Å². The van der Waals surface area contributed by atoms with Crippen LogP contribution in [0, 0.1) is 11.7 Å². The van der Waals surface area contributed by atoms with Crippen molar-refractivity contribution in [2.75, 3.05) is 11.9 Å². The number of nitrogens with one attached hydrogen (secondary N) is 3. The smallest absolute Gasteiger partial charge is 0.416 e. The predicted molar refractivity (Wildman–Crippen MR) is 194 cm³/mol. The number of aromatic nitrogens is 1. The lowest BCUT2D eigenvalue weighted by Gasteiger charge is -2.30. The number of fused-ring (bicyclic) bond motifs is 3. The van der Waals surface area contributed by atoms with Gasteiger partial charge in [-0.25, -0.2) is 17.8 Å². The molecule has 290 valence electrons. The van der Waals surface area contributed by atoms with E-state index >= 15 is 0 Å². The van der Waals surface area contributed by atoms with Crippen molar-refractivity contribution in [1.82, 2.24) is 19.9 Å². The maximum Gasteiger partial charge on any atom is 0.416 e. The Morgan fingerprint density at radius 3 is 2.65 bits per heavy atom. The number of anilines is 1. The number of amides is 3. The SMILES string of the molecule is CC1(S(=O)(=O)NC(=O)[C@@]23C[C@@H]2/C=C\CCCCC[C@H](Nc2cc(F)cc(C(F)(F)F)c2)C(=O)N2C[C@H](Oc4nc5ccc(Cl)cc5s4)C[C@H]2C(=O)N3)CC1. The summed E-state index contributed by atoms with van der Waals surface area (Å²) < 4.78 is 89.5. The number of carbonyl (C=O) groups is 3. The largest absolute Gasteiger partial charge is 0.465 e. The average Bonchev–Trinajstić information content (AvgIpc) is 3.91. The number of rotatable bonds is 7. The Balaban J connectivity index is 1.20. The van der Waals surface area contributed by atoms with Gasteiger partial charge in [0, 0.05) is 23.0 Å². The fourth-order valence-corrected chi connectivity index (χ4v) is 9.52. The lowest BCUT2D eigenvalue weighted by molar-refractivity contribution is -0.140. The third kappa shape index (κ3) is 7.89. The maximum absolute atomic E-state index is 14.5. The van der Waals surface area contributed by atoms with Gasteiger partial charge >= 0.3 is 6.18 Å². The normalized spacial score (nSPS) is 27.9. The number of thiazole rings is 1. The summed E-state index contributed by atoms with van der Waals surface area (Å²) in [4.78, 5) is 48.3. The lowest BCUT2D eigenvalue weighted by Crippen LogP contribution is -2.58. The van der Waals surface area contributed by atoms with Gasteiger partial charge in [0.2, 0.25) is 21.8 Å². The number of halogens is 5. The number of hydrogen-bond acceptors (Lipinski definition) is 9. The first-order valence-corrected chi connectivity index (χ1v) is 20.4. The monoisotopic (exact) mass is 811 g/mol. The van der Waals surface area contributed by atoms with Gasteiger partial charge in [-0.3, -0.25) is 19.1 Å². The van der Waals surface area contributed by atoms with E-state index < -0.39 is 79.7 Å². The Morgan fingerprint density at radius 2 is 1.91 bits per heavy atom. The number of allylic oxidation sites excluding steroid dienone is 1. The molecule has 1 saturated heterocycles. The van der Waals surface area contributed by atoms with Crippen LogP contribution in [0.3, 0.4) is 0 Å². The molecule has 2 aromatic carbocycles. The molecule has 11 nitrogen and oxygen atoms in total. The Bertz CT molecular complexity index is 2130. The van der Waals surface area contributed by atoms with Crippen LogP contribution in [0.1, 0.15) is 70.3 Å². The Labute approximate surface area is 317 Å². The molecule has 5 atom stereocenters. The molecular formula is C36H38ClF4N5O6S2. The molecule has 7 rings (SSSR count). The second kappa shape index (κ2) is 14.3. The van der Waals surface area contributed by atoms with Crippen molar-refractivity contribution in [2.45, 2.75) is 99.4 Å². The van der Waals surface area contributed by atoms with Crippen LogP contribution in [0.25, 0.3) is 10.2 Å². The molecule has 18 heteroatoms. The van der Waals surface area contributed by atoms with Crippen molar-refractivity contribution in [3.05, 3.63) is 65.0 Å². The molecule has 0 unspecified atom stereocenters. The number of carbonyl (C=O) groups excluding carboxylic acids is 3. The molecule has 54 heavy (non-hydrogen) atoms. The van der Waals surface area contributed by atoms with Gasteiger partial charge in [-0.1, -0.05) is 47.9 Å². The first kappa shape index (κ1) is 38.3. The van der Waals surface area contributed by atoms with Gasteiger partial charge in [-0.05, 0) is 81.8 Å². The van der Waals surface area contributed by atoms with Crippen molar-refractivity contribution in [1.29, 1.82) is 0 Å². The molecule has 2 aliphatic heterocycles. The third-order valence-electron chi connectivity index (χ3n) is 10.6. The van der Waals surface area contributed by atoms with Crippen LogP contribution in [-0.4, -0.2) is 71.0 Å². The zero-order chi connectivity index (χ0) is 38.6. The maximum atomic E-state index is 14.5. The van der Waals surface area contributed by atoms with E-state index in [4.69, 9.17) is 16.3 Å². The van der Waals surface area contributed by atoms with Crippen LogP contribution in [0.5, 0.6) is 5.19 Å². The van der Waals surface area contributed by atoms with E-state index in [0.29, 0.717) is 55.1 Å². The molecule has 3 heterocycles. The van der Waals surface area contributed by atoms with Crippen molar-refractivity contribution in [3.63, 3.8) is 0 Å².